The van der Waals surface area contributed by atoms with Crippen LogP contribution in [0.1, 0.15) is 39.0 Å². The Bertz CT molecular complexity index is 834. The van der Waals surface area contributed by atoms with Gasteiger partial charge >= 0.3 is 5.97 Å². The third kappa shape index (κ3) is 5.27. The van der Waals surface area contributed by atoms with Crippen LogP contribution in [0.25, 0.3) is 0 Å². The first kappa shape index (κ1) is 19.4. The lowest BCUT2D eigenvalue weighted by Crippen LogP contribution is -2.15. The third-order valence-corrected chi connectivity index (χ3v) is 5.73. The zero-order valence-corrected chi connectivity index (χ0v) is 16.3. The van der Waals surface area contributed by atoms with Crippen LogP contribution in [-0.2, 0) is 31.4 Å². The maximum absolute atomic E-state index is 12.5. The molecule has 0 saturated heterocycles. The van der Waals surface area contributed by atoms with E-state index in [2.05, 4.69) is 30.5 Å². The molecule has 8 heteroatoms. The summed E-state index contributed by atoms with van der Waals surface area (Å²) in [4.78, 5) is 15.7. The summed E-state index contributed by atoms with van der Waals surface area (Å²) in [7, 11) is -3.72. The normalized spacial score (nSPS) is 12.0. The molecule has 1 aromatic heterocycles. The van der Waals surface area contributed by atoms with Crippen LogP contribution in [0.3, 0.4) is 0 Å². The van der Waals surface area contributed by atoms with E-state index in [9.17, 15) is 13.2 Å². The molecule has 0 aliphatic carbocycles. The number of thiazole rings is 1. The van der Waals surface area contributed by atoms with E-state index >= 15 is 0 Å². The summed E-state index contributed by atoms with van der Waals surface area (Å²) in [6.07, 6.45) is 0.0202. The summed E-state index contributed by atoms with van der Waals surface area (Å²) < 4.78 is 32.2. The van der Waals surface area contributed by atoms with Gasteiger partial charge in [0.1, 0.15) is 0 Å². The smallest absolute Gasteiger partial charge is 0.311 e. The molecule has 2 aromatic rings. The van der Waals surface area contributed by atoms with Gasteiger partial charge in [0.15, 0.2) is 5.13 Å². The number of carbonyl (C=O) groups excluding carboxylic acids is 1. The number of aromatic nitrogens is 1. The van der Waals surface area contributed by atoms with Gasteiger partial charge < -0.3 is 4.74 Å². The molecule has 0 atom stereocenters. The number of benzene rings is 1. The zero-order chi connectivity index (χ0) is 18.7. The molecule has 1 heterocycles. The molecule has 0 unspecified atom stereocenters. The second-order valence-electron chi connectivity index (χ2n) is 6.51. The fourth-order valence-electron chi connectivity index (χ4n) is 2.10. The number of carbonyl (C=O) groups is 1. The van der Waals surface area contributed by atoms with Gasteiger partial charge in [0.05, 0.1) is 23.6 Å². The molecule has 1 N–H and O–H groups in total. The lowest BCUT2D eigenvalue weighted by molar-refractivity contribution is -0.142. The molecule has 0 aliphatic rings. The van der Waals surface area contributed by atoms with Crippen LogP contribution in [0.2, 0.25) is 0 Å². The molecule has 0 radical (unpaired) electrons. The topological polar surface area (TPSA) is 85.4 Å². The Kier molecular flexibility index (Phi) is 5.84. The van der Waals surface area contributed by atoms with Crippen molar-refractivity contribution in [3.8, 4) is 0 Å². The monoisotopic (exact) mass is 382 g/mol. The second-order valence-corrected chi connectivity index (χ2v) is 9.05. The molecular weight excluding hydrogens is 360 g/mol. The predicted octanol–water partition coefficient (Wildman–Crippen LogP) is 3.35. The highest BCUT2D eigenvalue weighted by Gasteiger charge is 2.19. The summed E-state index contributed by atoms with van der Waals surface area (Å²) in [6.45, 7) is 8.22. The van der Waals surface area contributed by atoms with E-state index in [-0.39, 0.29) is 27.8 Å². The number of anilines is 1. The van der Waals surface area contributed by atoms with E-state index in [0.717, 1.165) is 16.9 Å². The lowest BCUT2D eigenvalue weighted by Gasteiger charge is -2.19. The first-order chi connectivity index (χ1) is 11.6. The molecule has 0 amide bonds. The van der Waals surface area contributed by atoms with Crippen LogP contribution >= 0.6 is 11.3 Å². The fourth-order valence-corrected chi connectivity index (χ4v) is 4.07. The molecule has 0 spiro atoms. The van der Waals surface area contributed by atoms with E-state index < -0.39 is 10.0 Å². The molecular formula is C17H22N2O4S2. The second kappa shape index (κ2) is 7.53. The van der Waals surface area contributed by atoms with E-state index in [1.165, 1.54) is 0 Å². The Morgan fingerprint density at radius 1 is 1.24 bits per heavy atom. The number of ether oxygens (including phenoxy) is 1. The van der Waals surface area contributed by atoms with Crippen LogP contribution in [0, 0.1) is 0 Å². The first-order valence-corrected chi connectivity index (χ1v) is 10.2. The van der Waals surface area contributed by atoms with Gasteiger partial charge in [-0.1, -0.05) is 32.9 Å². The number of nitrogens with one attached hydrogen (secondary N) is 1. The third-order valence-electron chi connectivity index (χ3n) is 3.43. The van der Waals surface area contributed by atoms with Crippen LogP contribution in [-0.4, -0.2) is 26.0 Å². The minimum atomic E-state index is -3.72. The Labute approximate surface area is 152 Å². The van der Waals surface area contributed by atoms with Gasteiger partial charge in [0.25, 0.3) is 10.0 Å². The molecule has 25 heavy (non-hydrogen) atoms. The quantitative estimate of drug-likeness (QED) is 0.775. The molecule has 0 bridgehead atoms. The van der Waals surface area contributed by atoms with Crippen molar-refractivity contribution in [2.45, 2.75) is 44.4 Å². The minimum Gasteiger partial charge on any atom is -0.466 e. The SMILES string of the molecule is CCOC(=O)Cc1csc(NS(=O)(=O)c2ccc(C(C)(C)C)cc2)n1. The Morgan fingerprint density at radius 2 is 1.88 bits per heavy atom. The van der Waals surface area contributed by atoms with E-state index in [1.807, 2.05) is 12.1 Å². The molecule has 1 aromatic carbocycles. The van der Waals surface area contributed by atoms with Gasteiger partial charge in [0, 0.05) is 5.38 Å². The number of sulfonamides is 1. The molecule has 0 saturated carbocycles. The lowest BCUT2D eigenvalue weighted by atomic mass is 9.87. The van der Waals surface area contributed by atoms with E-state index in [0.29, 0.717) is 12.3 Å². The maximum Gasteiger partial charge on any atom is 0.311 e. The largest absolute Gasteiger partial charge is 0.466 e. The average molecular weight is 383 g/mol. The van der Waals surface area contributed by atoms with Crippen LogP contribution < -0.4 is 4.72 Å². The summed E-state index contributed by atoms with van der Waals surface area (Å²) in [5.74, 6) is -0.389. The summed E-state index contributed by atoms with van der Waals surface area (Å²) in [5.41, 5.74) is 1.48. The molecule has 2 rings (SSSR count). The number of nitrogens with zero attached hydrogens (tertiary/aromatic N) is 1. The van der Waals surface area contributed by atoms with Crippen LogP contribution in [0.4, 0.5) is 5.13 Å². The Morgan fingerprint density at radius 3 is 2.44 bits per heavy atom. The minimum absolute atomic E-state index is 0.0202. The zero-order valence-electron chi connectivity index (χ0n) is 14.7. The highest BCUT2D eigenvalue weighted by Crippen LogP contribution is 2.25. The van der Waals surface area contributed by atoms with Crippen LogP contribution in [0.5, 0.6) is 0 Å². The molecule has 6 nitrogen and oxygen atoms in total. The number of hydrogen-bond acceptors (Lipinski definition) is 6. The Balaban J connectivity index is 2.11. The van der Waals surface area contributed by atoms with Crippen molar-refractivity contribution < 1.29 is 17.9 Å². The fraction of sp³-hybridized carbons (Fsp3) is 0.412. The Hall–Kier alpha value is -1.93. The van der Waals surface area contributed by atoms with Crippen molar-refractivity contribution in [3.05, 3.63) is 40.9 Å². The number of hydrogen-bond donors (Lipinski definition) is 1. The van der Waals surface area contributed by atoms with Crippen molar-refractivity contribution in [2.24, 2.45) is 0 Å². The number of rotatable bonds is 6. The molecule has 0 fully saturated rings. The average Bonchev–Trinajstić information content (AvgIpc) is 2.93. The van der Waals surface area contributed by atoms with Crippen molar-refractivity contribution in [2.75, 3.05) is 11.3 Å². The predicted molar refractivity (Wildman–Crippen MR) is 98.4 cm³/mol. The van der Waals surface area contributed by atoms with Crippen LogP contribution in [0.15, 0.2) is 34.5 Å². The molecule has 0 aliphatic heterocycles. The van der Waals surface area contributed by atoms with Crippen molar-refractivity contribution >= 4 is 32.5 Å². The summed E-state index contributed by atoms with van der Waals surface area (Å²) in [5, 5.41) is 1.86. The molecule has 136 valence electrons. The standard InChI is InChI=1S/C17H22N2O4S2/c1-5-23-15(20)10-13-11-24-16(18-13)19-25(21,22)14-8-6-12(7-9-14)17(2,3)4/h6-9,11H,5,10H2,1-4H3,(H,18,19). The number of esters is 1. The van der Waals surface area contributed by atoms with E-state index in [1.54, 1.807) is 24.4 Å². The van der Waals surface area contributed by atoms with Crippen molar-refractivity contribution in [1.82, 2.24) is 4.98 Å². The maximum atomic E-state index is 12.5. The highest BCUT2D eigenvalue weighted by atomic mass is 32.2. The van der Waals surface area contributed by atoms with Gasteiger partial charge in [-0.2, -0.15) is 0 Å². The van der Waals surface area contributed by atoms with E-state index in [4.69, 9.17) is 4.74 Å². The van der Waals surface area contributed by atoms with Crippen molar-refractivity contribution in [3.63, 3.8) is 0 Å². The first-order valence-electron chi connectivity index (χ1n) is 7.85. The van der Waals surface area contributed by atoms with Gasteiger partial charge in [-0.15, -0.1) is 11.3 Å². The summed E-state index contributed by atoms with van der Waals surface area (Å²) >= 11 is 1.13. The van der Waals surface area contributed by atoms with Gasteiger partial charge in [0.2, 0.25) is 0 Å². The van der Waals surface area contributed by atoms with Gasteiger partial charge in [-0.05, 0) is 30.0 Å². The van der Waals surface area contributed by atoms with Gasteiger partial charge in [-0.25, -0.2) is 13.4 Å². The highest BCUT2D eigenvalue weighted by molar-refractivity contribution is 7.93. The summed E-state index contributed by atoms with van der Waals surface area (Å²) in [6, 6.07) is 6.78. The van der Waals surface area contributed by atoms with Gasteiger partial charge in [-0.3, -0.25) is 9.52 Å². The van der Waals surface area contributed by atoms with Crippen molar-refractivity contribution in [1.29, 1.82) is 0 Å².